The second-order valence-electron chi connectivity index (χ2n) is 10.5. The van der Waals surface area contributed by atoms with Crippen LogP contribution in [0.2, 0.25) is 0 Å². The van der Waals surface area contributed by atoms with E-state index in [0.29, 0.717) is 29.9 Å². The molecule has 0 N–H and O–H groups in total. The Kier molecular flexibility index (Phi) is 8.12. The van der Waals surface area contributed by atoms with E-state index in [1.54, 1.807) is 13.0 Å². The summed E-state index contributed by atoms with van der Waals surface area (Å²) in [5.74, 6) is 3.00. The van der Waals surface area contributed by atoms with Gasteiger partial charge in [-0.1, -0.05) is 38.7 Å². The molecule has 1 aromatic rings. The topological polar surface area (TPSA) is 18.5 Å². The summed E-state index contributed by atoms with van der Waals surface area (Å²) in [6.07, 6.45) is 16.2. The van der Waals surface area contributed by atoms with Gasteiger partial charge in [0.2, 0.25) is 5.82 Å². The minimum Gasteiger partial charge on any atom is -0.498 e. The summed E-state index contributed by atoms with van der Waals surface area (Å²) in [4.78, 5) is 0. The molecule has 2 aliphatic carbocycles. The van der Waals surface area contributed by atoms with Crippen molar-refractivity contribution in [3.05, 3.63) is 41.2 Å². The molecule has 1 heterocycles. The Bertz CT molecular complexity index is 774. The minimum absolute atomic E-state index is 0.0308. The fourth-order valence-corrected chi connectivity index (χ4v) is 6.13. The molecular formula is C28H40F2O2. The number of allylic oxidation sites excluding steroid dienone is 2. The van der Waals surface area contributed by atoms with Crippen LogP contribution < -0.4 is 4.74 Å². The van der Waals surface area contributed by atoms with Crippen molar-refractivity contribution in [3.63, 3.8) is 0 Å². The van der Waals surface area contributed by atoms with Crippen LogP contribution >= 0.6 is 0 Å². The Hall–Kier alpha value is -1.58. The maximum atomic E-state index is 14.0. The highest BCUT2D eigenvalue weighted by atomic mass is 19.2. The highest BCUT2D eigenvalue weighted by Gasteiger charge is 2.32. The number of hydrogen-bond acceptors (Lipinski definition) is 2. The first kappa shape index (κ1) is 23.6. The van der Waals surface area contributed by atoms with Crippen LogP contribution in [0.5, 0.6) is 5.75 Å². The summed E-state index contributed by atoms with van der Waals surface area (Å²) in [5, 5.41) is 0. The van der Waals surface area contributed by atoms with Crippen molar-refractivity contribution in [1.29, 1.82) is 0 Å². The molecule has 1 atom stereocenters. The molecule has 0 amide bonds. The van der Waals surface area contributed by atoms with Gasteiger partial charge in [-0.3, -0.25) is 0 Å². The molecule has 0 spiro atoms. The van der Waals surface area contributed by atoms with Crippen LogP contribution in [-0.2, 0) is 4.74 Å². The summed E-state index contributed by atoms with van der Waals surface area (Å²) < 4.78 is 39.7. The zero-order valence-corrected chi connectivity index (χ0v) is 19.9. The number of hydrogen-bond donors (Lipinski definition) is 0. The molecule has 0 bridgehead atoms. The Balaban J connectivity index is 1.19. The minimum atomic E-state index is -0.868. The average Bonchev–Trinajstić information content (AvgIpc) is 2.83. The van der Waals surface area contributed by atoms with Crippen molar-refractivity contribution in [2.75, 3.05) is 13.2 Å². The van der Waals surface area contributed by atoms with Gasteiger partial charge in [0.15, 0.2) is 11.6 Å². The number of halogens is 2. The third kappa shape index (κ3) is 5.66. The lowest BCUT2D eigenvalue weighted by Crippen LogP contribution is -2.29. The Labute approximate surface area is 192 Å². The molecule has 1 aromatic carbocycles. The normalized spacial score (nSPS) is 31.0. The summed E-state index contributed by atoms with van der Waals surface area (Å²) in [7, 11) is 0. The summed E-state index contributed by atoms with van der Waals surface area (Å²) in [6, 6.07) is 3.11. The highest BCUT2D eigenvalue weighted by molar-refractivity contribution is 5.30. The third-order valence-electron chi connectivity index (χ3n) is 8.30. The van der Waals surface area contributed by atoms with E-state index in [9.17, 15) is 8.78 Å². The second kappa shape index (κ2) is 11.0. The molecule has 1 unspecified atom stereocenters. The van der Waals surface area contributed by atoms with Gasteiger partial charge in [-0.15, -0.1) is 0 Å². The van der Waals surface area contributed by atoms with Crippen LogP contribution in [0.1, 0.15) is 83.1 Å². The van der Waals surface area contributed by atoms with Gasteiger partial charge >= 0.3 is 0 Å². The lowest BCUT2D eigenvalue weighted by atomic mass is 9.73. The largest absolute Gasteiger partial charge is 0.498 e. The van der Waals surface area contributed by atoms with Crippen LogP contribution in [-0.4, -0.2) is 13.2 Å². The maximum absolute atomic E-state index is 14.0. The molecule has 0 saturated heterocycles. The average molecular weight is 447 g/mol. The summed E-state index contributed by atoms with van der Waals surface area (Å²) in [5.41, 5.74) is 0.308. The van der Waals surface area contributed by atoms with Crippen molar-refractivity contribution in [1.82, 2.24) is 0 Å². The number of benzene rings is 1. The van der Waals surface area contributed by atoms with E-state index >= 15 is 0 Å². The van der Waals surface area contributed by atoms with Gasteiger partial charge in [-0.25, -0.2) is 4.39 Å². The van der Waals surface area contributed by atoms with Crippen LogP contribution in [0, 0.1) is 48.1 Å². The molecule has 4 heteroatoms. The number of ether oxygens (including phenoxy) is 2. The number of aryl methyl sites for hydroxylation is 1. The van der Waals surface area contributed by atoms with Crippen molar-refractivity contribution in [3.8, 4) is 5.75 Å². The first-order valence-electron chi connectivity index (χ1n) is 12.9. The van der Waals surface area contributed by atoms with E-state index < -0.39 is 11.6 Å². The Morgan fingerprint density at radius 2 is 1.62 bits per heavy atom. The van der Waals surface area contributed by atoms with Crippen LogP contribution in [0.25, 0.3) is 0 Å². The molecule has 3 aliphatic rings. The quantitative estimate of drug-likeness (QED) is 0.423. The lowest BCUT2D eigenvalue weighted by Gasteiger charge is -2.37. The van der Waals surface area contributed by atoms with E-state index in [2.05, 4.69) is 13.0 Å². The van der Waals surface area contributed by atoms with Crippen molar-refractivity contribution < 1.29 is 18.3 Å². The molecule has 32 heavy (non-hydrogen) atoms. The Morgan fingerprint density at radius 3 is 2.28 bits per heavy atom. The van der Waals surface area contributed by atoms with Crippen molar-refractivity contribution in [2.45, 2.75) is 84.5 Å². The van der Waals surface area contributed by atoms with Crippen molar-refractivity contribution in [2.24, 2.45) is 29.6 Å². The smallest absolute Gasteiger partial charge is 0.200 e. The van der Waals surface area contributed by atoms with Gasteiger partial charge in [-0.05, 0) is 93.2 Å². The highest BCUT2D eigenvalue weighted by Crippen LogP contribution is 2.41. The van der Waals surface area contributed by atoms with Crippen molar-refractivity contribution >= 4 is 0 Å². The van der Waals surface area contributed by atoms with Gasteiger partial charge in [0, 0.05) is 5.92 Å². The standard InChI is InChI=1S/C28H40F2O2/c1-3-4-20-6-10-22(11-7-20)24-14-16-25(32-18-24)23-12-8-21(9-13-23)17-31-26-15-5-19(2)27(29)28(26)30/h5,15-16,20-24H,3-4,6-14,17-18H2,1-2H3. The first-order valence-corrected chi connectivity index (χ1v) is 12.9. The van der Waals surface area contributed by atoms with E-state index in [-0.39, 0.29) is 5.75 Å². The Morgan fingerprint density at radius 1 is 0.906 bits per heavy atom. The van der Waals surface area contributed by atoms with Gasteiger partial charge in [0.1, 0.15) is 0 Å². The fraction of sp³-hybridized carbons (Fsp3) is 0.714. The number of rotatable bonds is 7. The fourth-order valence-electron chi connectivity index (χ4n) is 6.13. The van der Waals surface area contributed by atoms with Gasteiger partial charge in [-0.2, -0.15) is 4.39 Å². The zero-order chi connectivity index (χ0) is 22.5. The second-order valence-corrected chi connectivity index (χ2v) is 10.5. The predicted molar refractivity (Wildman–Crippen MR) is 125 cm³/mol. The lowest BCUT2D eigenvalue weighted by molar-refractivity contribution is 0.0618. The monoisotopic (exact) mass is 446 g/mol. The molecule has 2 nitrogen and oxygen atoms in total. The molecule has 0 aromatic heterocycles. The molecular weight excluding hydrogens is 406 g/mol. The summed E-state index contributed by atoms with van der Waals surface area (Å²) >= 11 is 0. The van der Waals surface area contributed by atoms with Gasteiger partial charge in [0.05, 0.1) is 19.0 Å². The van der Waals surface area contributed by atoms with E-state index in [0.717, 1.165) is 44.1 Å². The SMILES string of the molecule is CCCC1CCC(C2CC=C(C3CCC(COc4ccc(C)c(F)c4F)CC3)OC2)CC1. The van der Waals surface area contributed by atoms with Gasteiger partial charge in [0.25, 0.3) is 0 Å². The zero-order valence-electron chi connectivity index (χ0n) is 19.9. The molecule has 1 aliphatic heterocycles. The molecule has 2 fully saturated rings. The van der Waals surface area contributed by atoms with Crippen LogP contribution in [0.15, 0.2) is 24.0 Å². The molecule has 2 saturated carbocycles. The maximum Gasteiger partial charge on any atom is 0.200 e. The van der Waals surface area contributed by atoms with Gasteiger partial charge < -0.3 is 9.47 Å². The third-order valence-corrected chi connectivity index (χ3v) is 8.30. The predicted octanol–water partition coefficient (Wildman–Crippen LogP) is 7.99. The van der Waals surface area contributed by atoms with Crippen LogP contribution in [0.4, 0.5) is 8.78 Å². The first-order chi connectivity index (χ1) is 15.5. The van der Waals surface area contributed by atoms with E-state index in [1.807, 2.05) is 0 Å². The van der Waals surface area contributed by atoms with E-state index in [4.69, 9.17) is 9.47 Å². The van der Waals surface area contributed by atoms with Crippen LogP contribution in [0.3, 0.4) is 0 Å². The molecule has 0 radical (unpaired) electrons. The molecule has 178 valence electrons. The summed E-state index contributed by atoms with van der Waals surface area (Å²) in [6.45, 7) is 5.22. The van der Waals surface area contributed by atoms with E-state index in [1.165, 1.54) is 56.8 Å². The molecule has 4 rings (SSSR count).